The van der Waals surface area contributed by atoms with Crippen molar-refractivity contribution in [1.82, 2.24) is 9.80 Å². The van der Waals surface area contributed by atoms with E-state index in [1.54, 1.807) is 93.8 Å². The molecule has 0 aliphatic carbocycles. The molecule has 408 valence electrons. The number of ether oxygens (including phenoxy) is 10. The highest BCUT2D eigenvalue weighted by molar-refractivity contribution is 6.07. The van der Waals surface area contributed by atoms with Crippen LogP contribution < -0.4 is 28.7 Å². The van der Waals surface area contributed by atoms with Crippen LogP contribution in [0.1, 0.15) is 135 Å². The topological polar surface area (TPSA) is 191 Å². The predicted molar refractivity (Wildman–Crippen MR) is 278 cm³/mol. The number of hydrogen-bond acceptors (Lipinski definition) is 15. The second kappa shape index (κ2) is 22.1. The van der Waals surface area contributed by atoms with Crippen LogP contribution in [0.2, 0.25) is 0 Å². The zero-order chi connectivity index (χ0) is 54.2. The first-order valence-electron chi connectivity index (χ1n) is 26.0. The summed E-state index contributed by atoms with van der Waals surface area (Å²) in [5.41, 5.74) is 2.00. The van der Waals surface area contributed by atoms with E-state index in [1.807, 2.05) is 0 Å². The molecular weight excluding hydrogens is 981 g/mol. The standard InChI is InChI=1S/C57H70N4O15/c1-33-19-42-52(73-48-15-11-13-17-69-48)60(54(65)75-56(3,4)5)40-26-46(44(67-9)24-38(40)50(63)58(42)28-33)71-31-36-21-35(30-62)22-37(23-36)32-72-47-27-41-39(25-45(47)68-10)51(64)59-29-34(2)20-43(59)53(74-49-16-12-14-18-70-49)61(41)55(66)76-57(6,7)8/h21-27,30,42-43,48-49,52-53H,1-2,11-20,28-29,31-32H2,3-10H3/t42-,43-,48?,49?,52-,53-/m0/s1. The Bertz CT molecular complexity index is 2570. The summed E-state index contributed by atoms with van der Waals surface area (Å²) in [5, 5.41) is 0. The van der Waals surface area contributed by atoms with Crippen molar-refractivity contribution in [2.75, 3.05) is 50.3 Å². The molecule has 0 spiro atoms. The van der Waals surface area contributed by atoms with E-state index in [0.29, 0.717) is 61.9 Å². The zero-order valence-electron chi connectivity index (χ0n) is 44.8. The SMILES string of the molecule is C=C1C[C@H]2[C@H](OC3CCCCO3)N(C(=O)OC(C)(C)C)c3cc(OCc4cc(C=O)cc(COc5cc6c(cc5OC)C(=O)N5CC(=C)C[C@H]5[C@H](OC5CCCCO5)N6C(=O)OC(C)(C)C)c4)c(OC)cc3C(=O)N2C1. The van der Waals surface area contributed by atoms with E-state index in [2.05, 4.69) is 13.2 Å². The van der Waals surface area contributed by atoms with Gasteiger partial charge >= 0.3 is 12.2 Å². The molecule has 3 aromatic rings. The summed E-state index contributed by atoms with van der Waals surface area (Å²) >= 11 is 0. The molecule has 2 unspecified atom stereocenters. The largest absolute Gasteiger partial charge is 0.493 e. The minimum Gasteiger partial charge on any atom is -0.493 e. The number of carbonyl (C=O) groups is 5. The number of amides is 4. The van der Waals surface area contributed by atoms with Gasteiger partial charge in [-0.3, -0.25) is 14.4 Å². The van der Waals surface area contributed by atoms with Gasteiger partial charge < -0.3 is 57.2 Å². The second-order valence-electron chi connectivity index (χ2n) is 22.1. The number of methoxy groups -OCH3 is 2. The average molecular weight is 1050 g/mol. The maximum Gasteiger partial charge on any atom is 0.417 e. The number of anilines is 2. The van der Waals surface area contributed by atoms with Gasteiger partial charge in [0.25, 0.3) is 11.8 Å². The minimum absolute atomic E-state index is 0.0973. The molecule has 9 rings (SSSR count). The number of benzene rings is 3. The summed E-state index contributed by atoms with van der Waals surface area (Å²) in [4.78, 5) is 76.8. The lowest BCUT2D eigenvalue weighted by Gasteiger charge is -2.39. The number of carbonyl (C=O) groups excluding carboxylic acids is 5. The van der Waals surface area contributed by atoms with Gasteiger partial charge in [-0.15, -0.1) is 0 Å². The van der Waals surface area contributed by atoms with Gasteiger partial charge in [0.2, 0.25) is 0 Å². The Kier molecular flexibility index (Phi) is 15.8. The molecule has 0 bridgehead atoms. The fourth-order valence-electron chi connectivity index (χ4n) is 10.5. The summed E-state index contributed by atoms with van der Waals surface area (Å²) in [5.74, 6) is 0.123. The van der Waals surface area contributed by atoms with Crippen molar-refractivity contribution in [3.63, 3.8) is 0 Å². The van der Waals surface area contributed by atoms with E-state index in [1.165, 1.54) is 24.0 Å². The van der Waals surface area contributed by atoms with Crippen molar-refractivity contribution in [3.8, 4) is 23.0 Å². The molecule has 6 aliphatic rings. The summed E-state index contributed by atoms with van der Waals surface area (Å²) < 4.78 is 62.1. The smallest absolute Gasteiger partial charge is 0.417 e. The zero-order valence-corrected chi connectivity index (χ0v) is 44.8. The van der Waals surface area contributed by atoms with Gasteiger partial charge in [0.1, 0.15) is 30.7 Å². The Morgan fingerprint density at radius 1 is 0.618 bits per heavy atom. The Morgan fingerprint density at radius 2 is 1.04 bits per heavy atom. The van der Waals surface area contributed by atoms with Gasteiger partial charge in [-0.2, -0.15) is 0 Å². The van der Waals surface area contributed by atoms with E-state index in [-0.39, 0.29) is 83.6 Å². The van der Waals surface area contributed by atoms with E-state index in [9.17, 15) is 24.0 Å². The molecule has 4 fully saturated rings. The lowest BCUT2D eigenvalue weighted by Crippen LogP contribution is -2.54. The quantitative estimate of drug-likeness (QED) is 0.116. The van der Waals surface area contributed by atoms with Gasteiger partial charge in [0.05, 0.1) is 48.8 Å². The first-order chi connectivity index (χ1) is 36.2. The summed E-state index contributed by atoms with van der Waals surface area (Å²) in [6.07, 6.45) is 1.45. The Balaban J connectivity index is 1.03. The number of aldehydes is 1. The summed E-state index contributed by atoms with van der Waals surface area (Å²) in [6.45, 7) is 20.3. The lowest BCUT2D eigenvalue weighted by molar-refractivity contribution is -0.196. The third kappa shape index (κ3) is 11.7. The van der Waals surface area contributed by atoms with Crippen LogP contribution in [0.25, 0.3) is 0 Å². The number of rotatable bonds is 13. The summed E-state index contributed by atoms with van der Waals surface area (Å²) in [6, 6.07) is 10.2. The molecule has 6 aliphatic heterocycles. The highest BCUT2D eigenvalue weighted by Crippen LogP contribution is 2.46. The summed E-state index contributed by atoms with van der Waals surface area (Å²) in [7, 11) is 2.91. The molecule has 0 saturated carbocycles. The van der Waals surface area contributed by atoms with Crippen molar-refractivity contribution in [2.24, 2.45) is 0 Å². The van der Waals surface area contributed by atoms with Crippen molar-refractivity contribution in [1.29, 1.82) is 0 Å². The van der Waals surface area contributed by atoms with Gasteiger partial charge in [0.15, 0.2) is 48.0 Å². The van der Waals surface area contributed by atoms with E-state index >= 15 is 0 Å². The van der Waals surface area contributed by atoms with Crippen LogP contribution in [0.5, 0.6) is 23.0 Å². The molecule has 6 heterocycles. The van der Waals surface area contributed by atoms with Crippen LogP contribution in [0, 0.1) is 0 Å². The number of fused-ring (bicyclic) bond motifs is 4. The second-order valence-corrected chi connectivity index (χ2v) is 22.1. The number of hydrogen-bond donors (Lipinski definition) is 0. The maximum absolute atomic E-state index is 14.6. The molecule has 76 heavy (non-hydrogen) atoms. The highest BCUT2D eigenvalue weighted by atomic mass is 16.7. The van der Waals surface area contributed by atoms with Crippen LogP contribution in [-0.4, -0.2) is 129 Å². The Hall–Kier alpha value is -6.67. The molecule has 3 aromatic carbocycles. The van der Waals surface area contributed by atoms with Crippen LogP contribution in [0.15, 0.2) is 66.8 Å². The van der Waals surface area contributed by atoms with Crippen molar-refractivity contribution in [3.05, 3.63) is 94.6 Å². The minimum atomic E-state index is -1.02. The average Bonchev–Trinajstić information content (AvgIpc) is 4.03. The molecule has 19 heteroatoms. The first-order valence-corrected chi connectivity index (χ1v) is 26.0. The van der Waals surface area contributed by atoms with Gasteiger partial charge in [-0.1, -0.05) is 24.3 Å². The Morgan fingerprint density at radius 3 is 1.39 bits per heavy atom. The van der Waals surface area contributed by atoms with E-state index in [4.69, 9.17) is 47.4 Å². The molecule has 4 amide bonds. The van der Waals surface area contributed by atoms with Crippen LogP contribution in [0.4, 0.5) is 21.0 Å². The molecule has 19 nitrogen and oxygen atoms in total. The van der Waals surface area contributed by atoms with E-state index in [0.717, 1.165) is 36.8 Å². The molecule has 6 atom stereocenters. The maximum atomic E-state index is 14.6. The van der Waals surface area contributed by atoms with Gasteiger partial charge in [-0.25, -0.2) is 19.4 Å². The van der Waals surface area contributed by atoms with Gasteiger partial charge in [0, 0.05) is 44.0 Å². The molecule has 0 N–H and O–H groups in total. The van der Waals surface area contributed by atoms with Crippen LogP contribution in [-0.2, 0) is 41.6 Å². The molecule has 0 aromatic heterocycles. The molecule has 4 saturated heterocycles. The lowest BCUT2D eigenvalue weighted by atomic mass is 10.1. The molecular formula is C57H70N4O15. The van der Waals surface area contributed by atoms with Crippen molar-refractivity contribution >= 4 is 41.7 Å². The Labute approximate surface area is 443 Å². The monoisotopic (exact) mass is 1050 g/mol. The normalized spacial score (nSPS) is 23.7. The molecule has 0 radical (unpaired) electrons. The fraction of sp³-hybridized carbons (Fsp3) is 0.526. The van der Waals surface area contributed by atoms with Crippen molar-refractivity contribution in [2.45, 2.75) is 154 Å². The predicted octanol–water partition coefficient (Wildman–Crippen LogP) is 9.46. The van der Waals surface area contributed by atoms with Crippen molar-refractivity contribution < 1.29 is 71.3 Å². The van der Waals surface area contributed by atoms with Gasteiger partial charge in [-0.05, 0) is 134 Å². The first kappa shape index (κ1) is 54.1. The fourth-order valence-corrected chi connectivity index (χ4v) is 10.5. The highest BCUT2D eigenvalue weighted by Gasteiger charge is 2.51. The third-order valence-electron chi connectivity index (χ3n) is 13.9. The third-order valence-corrected chi connectivity index (χ3v) is 13.9. The number of nitrogens with zero attached hydrogens (tertiary/aromatic N) is 4. The van der Waals surface area contributed by atoms with Crippen LogP contribution in [0.3, 0.4) is 0 Å². The van der Waals surface area contributed by atoms with Crippen LogP contribution >= 0.6 is 0 Å². The van der Waals surface area contributed by atoms with E-state index < -0.39 is 60.5 Å².